The molecule has 114 valence electrons. The van der Waals surface area contributed by atoms with Gasteiger partial charge in [0.25, 0.3) is 0 Å². The van der Waals surface area contributed by atoms with Gasteiger partial charge in [0.15, 0.2) is 5.65 Å². The molecule has 0 spiro atoms. The second-order valence-corrected chi connectivity index (χ2v) is 5.53. The molecule has 0 fully saturated rings. The van der Waals surface area contributed by atoms with Crippen molar-refractivity contribution in [3.05, 3.63) is 41.2 Å². The van der Waals surface area contributed by atoms with Crippen LogP contribution in [0.4, 0.5) is 11.4 Å². The molecule has 0 unspecified atom stereocenters. The molecule has 0 radical (unpaired) electrons. The molecule has 1 aromatic carbocycles. The van der Waals surface area contributed by atoms with Crippen molar-refractivity contribution in [3.8, 4) is 5.75 Å². The second-order valence-electron chi connectivity index (χ2n) is 5.53. The van der Waals surface area contributed by atoms with Gasteiger partial charge >= 0.3 is 0 Å². The van der Waals surface area contributed by atoms with E-state index in [2.05, 4.69) is 35.3 Å². The van der Waals surface area contributed by atoms with Gasteiger partial charge in [-0.3, -0.25) is 4.68 Å². The molecule has 3 rings (SSSR count). The van der Waals surface area contributed by atoms with Crippen LogP contribution in [0.2, 0.25) is 0 Å². The lowest BCUT2D eigenvalue weighted by Gasteiger charge is -2.16. The van der Waals surface area contributed by atoms with Crippen molar-refractivity contribution in [1.82, 2.24) is 14.8 Å². The van der Waals surface area contributed by atoms with E-state index in [0.29, 0.717) is 0 Å². The van der Waals surface area contributed by atoms with Gasteiger partial charge in [-0.25, -0.2) is 4.98 Å². The minimum Gasteiger partial charge on any atom is -0.496 e. The fourth-order valence-corrected chi connectivity index (χ4v) is 2.72. The van der Waals surface area contributed by atoms with Crippen LogP contribution in [0.15, 0.2) is 24.4 Å². The number of aryl methyl sites for hydroxylation is 3. The van der Waals surface area contributed by atoms with Gasteiger partial charge in [-0.15, -0.1) is 0 Å². The summed E-state index contributed by atoms with van der Waals surface area (Å²) in [7, 11) is 3.60. The lowest BCUT2D eigenvalue weighted by molar-refractivity contribution is 0.412. The van der Waals surface area contributed by atoms with E-state index in [0.717, 1.165) is 39.4 Å². The summed E-state index contributed by atoms with van der Waals surface area (Å²) < 4.78 is 7.22. The number of aromatic nitrogens is 3. The Kier molecular flexibility index (Phi) is 3.48. The van der Waals surface area contributed by atoms with Gasteiger partial charge in [0.2, 0.25) is 0 Å². The van der Waals surface area contributed by atoms with Crippen LogP contribution < -0.4 is 10.1 Å². The molecular weight excluding hydrogens is 276 g/mol. The van der Waals surface area contributed by atoms with E-state index in [-0.39, 0.29) is 0 Å². The molecule has 0 aliphatic rings. The van der Waals surface area contributed by atoms with Crippen molar-refractivity contribution in [3.63, 3.8) is 0 Å². The number of hydrogen-bond acceptors (Lipinski definition) is 4. The van der Waals surface area contributed by atoms with Crippen LogP contribution in [-0.4, -0.2) is 21.9 Å². The van der Waals surface area contributed by atoms with Gasteiger partial charge in [0, 0.05) is 24.0 Å². The standard InChI is InChI=1S/C17H20N4O/c1-10-6-7-15(22-5)12(3)16(10)20-14-8-11(2)19-17-13(14)9-18-21(17)4/h6-9H,1-5H3,(H,19,20). The van der Waals surface area contributed by atoms with Crippen molar-refractivity contribution >= 4 is 22.4 Å². The third kappa shape index (κ3) is 2.28. The van der Waals surface area contributed by atoms with Gasteiger partial charge in [-0.05, 0) is 38.5 Å². The topological polar surface area (TPSA) is 52.0 Å². The molecule has 3 aromatic rings. The lowest BCUT2D eigenvalue weighted by atomic mass is 10.1. The average molecular weight is 296 g/mol. The van der Waals surface area contributed by atoms with E-state index < -0.39 is 0 Å². The number of anilines is 2. The molecule has 1 N–H and O–H groups in total. The quantitative estimate of drug-likeness (QED) is 0.801. The zero-order valence-electron chi connectivity index (χ0n) is 13.6. The van der Waals surface area contributed by atoms with E-state index in [1.165, 1.54) is 5.56 Å². The first-order valence-corrected chi connectivity index (χ1v) is 7.22. The molecule has 0 atom stereocenters. The van der Waals surface area contributed by atoms with Crippen LogP contribution in [0, 0.1) is 20.8 Å². The first-order chi connectivity index (χ1) is 10.5. The van der Waals surface area contributed by atoms with Crippen LogP contribution in [0.5, 0.6) is 5.75 Å². The molecule has 22 heavy (non-hydrogen) atoms. The molecule has 0 bridgehead atoms. The molecule has 2 heterocycles. The largest absolute Gasteiger partial charge is 0.496 e. The maximum Gasteiger partial charge on any atom is 0.159 e. The molecule has 0 aliphatic carbocycles. The summed E-state index contributed by atoms with van der Waals surface area (Å²) in [5.74, 6) is 0.876. The predicted octanol–water partition coefficient (Wildman–Crippen LogP) is 3.65. The SMILES string of the molecule is COc1ccc(C)c(Nc2cc(C)nc3c2cnn3C)c1C. The highest BCUT2D eigenvalue weighted by Crippen LogP contribution is 2.33. The highest BCUT2D eigenvalue weighted by atomic mass is 16.5. The van der Waals surface area contributed by atoms with Gasteiger partial charge in [-0.2, -0.15) is 5.10 Å². The molecule has 0 saturated heterocycles. The molecule has 0 aliphatic heterocycles. The van der Waals surface area contributed by atoms with Crippen LogP contribution in [0.1, 0.15) is 16.8 Å². The first kappa shape index (κ1) is 14.4. The van der Waals surface area contributed by atoms with Crippen LogP contribution in [-0.2, 0) is 7.05 Å². The number of rotatable bonds is 3. The highest BCUT2D eigenvalue weighted by Gasteiger charge is 2.12. The Labute approximate surface area is 129 Å². The zero-order valence-corrected chi connectivity index (χ0v) is 13.6. The molecule has 2 aromatic heterocycles. The Bertz CT molecular complexity index is 851. The van der Waals surface area contributed by atoms with E-state index in [9.17, 15) is 0 Å². The van der Waals surface area contributed by atoms with E-state index >= 15 is 0 Å². The molecule has 5 nitrogen and oxygen atoms in total. The minimum atomic E-state index is 0.876. The molecular formula is C17H20N4O. The lowest BCUT2D eigenvalue weighted by Crippen LogP contribution is -2.00. The number of fused-ring (bicyclic) bond motifs is 1. The fraction of sp³-hybridized carbons (Fsp3) is 0.294. The van der Waals surface area contributed by atoms with E-state index in [1.807, 2.05) is 32.3 Å². The Morgan fingerprint density at radius 3 is 2.68 bits per heavy atom. The number of benzene rings is 1. The maximum absolute atomic E-state index is 5.42. The summed E-state index contributed by atoms with van der Waals surface area (Å²) >= 11 is 0. The van der Waals surface area contributed by atoms with Crippen LogP contribution >= 0.6 is 0 Å². The smallest absolute Gasteiger partial charge is 0.159 e. The molecule has 0 amide bonds. The van der Waals surface area contributed by atoms with E-state index in [1.54, 1.807) is 11.8 Å². The minimum absolute atomic E-state index is 0.876. The first-order valence-electron chi connectivity index (χ1n) is 7.22. The Morgan fingerprint density at radius 2 is 1.95 bits per heavy atom. The summed E-state index contributed by atoms with van der Waals surface area (Å²) in [4.78, 5) is 4.55. The number of nitrogens with zero attached hydrogens (tertiary/aromatic N) is 3. The summed E-state index contributed by atoms with van der Waals surface area (Å²) in [6.45, 7) is 6.13. The van der Waals surface area contributed by atoms with Crippen molar-refractivity contribution in [2.75, 3.05) is 12.4 Å². The van der Waals surface area contributed by atoms with Gasteiger partial charge in [-0.1, -0.05) is 6.07 Å². The summed E-state index contributed by atoms with van der Waals surface area (Å²) in [6, 6.07) is 6.10. The van der Waals surface area contributed by atoms with Crippen LogP contribution in [0.25, 0.3) is 11.0 Å². The summed E-state index contributed by atoms with van der Waals surface area (Å²) in [5.41, 5.74) is 6.17. The number of ether oxygens (including phenoxy) is 1. The maximum atomic E-state index is 5.42. The highest BCUT2D eigenvalue weighted by molar-refractivity contribution is 5.92. The van der Waals surface area contributed by atoms with Crippen molar-refractivity contribution in [2.45, 2.75) is 20.8 Å². The number of pyridine rings is 1. The van der Waals surface area contributed by atoms with E-state index in [4.69, 9.17) is 4.74 Å². The van der Waals surface area contributed by atoms with Gasteiger partial charge in [0.1, 0.15) is 5.75 Å². The molecule has 5 heteroatoms. The fourth-order valence-electron chi connectivity index (χ4n) is 2.72. The number of methoxy groups -OCH3 is 1. The second kappa shape index (κ2) is 5.33. The van der Waals surface area contributed by atoms with Crippen molar-refractivity contribution in [1.29, 1.82) is 0 Å². The number of hydrogen-bond donors (Lipinski definition) is 1. The zero-order chi connectivity index (χ0) is 15.9. The summed E-state index contributed by atoms with van der Waals surface area (Å²) in [5, 5.41) is 8.86. The Morgan fingerprint density at radius 1 is 1.18 bits per heavy atom. The van der Waals surface area contributed by atoms with Crippen LogP contribution in [0.3, 0.4) is 0 Å². The average Bonchev–Trinajstić information content (AvgIpc) is 2.85. The third-order valence-electron chi connectivity index (χ3n) is 3.94. The molecule has 0 saturated carbocycles. The van der Waals surface area contributed by atoms with Crippen molar-refractivity contribution in [2.24, 2.45) is 7.05 Å². The normalized spacial score (nSPS) is 11.0. The Hall–Kier alpha value is -2.56. The third-order valence-corrected chi connectivity index (χ3v) is 3.94. The summed E-state index contributed by atoms with van der Waals surface area (Å²) in [6.07, 6.45) is 1.84. The van der Waals surface area contributed by atoms with Crippen molar-refractivity contribution < 1.29 is 4.74 Å². The predicted molar refractivity (Wildman–Crippen MR) is 89.0 cm³/mol. The number of nitrogens with one attached hydrogen (secondary N) is 1. The monoisotopic (exact) mass is 296 g/mol. The Balaban J connectivity index is 2.15. The van der Waals surface area contributed by atoms with Gasteiger partial charge in [0.05, 0.1) is 24.4 Å². The van der Waals surface area contributed by atoms with Gasteiger partial charge < -0.3 is 10.1 Å².